The lowest BCUT2D eigenvalue weighted by atomic mass is 10.3. The molecule has 2 N–H and O–H groups in total. The summed E-state index contributed by atoms with van der Waals surface area (Å²) in [7, 11) is 0. The van der Waals surface area contributed by atoms with Gasteiger partial charge >= 0.3 is 0 Å². The van der Waals surface area contributed by atoms with E-state index in [0.717, 1.165) is 16.1 Å². The number of hydrogen-bond donors (Lipinski definition) is 2. The number of nitrogens with zero attached hydrogens (tertiary/aromatic N) is 3. The number of aliphatic hydroxyl groups is 1. The second-order valence-corrected chi connectivity index (χ2v) is 6.03. The van der Waals surface area contributed by atoms with Crippen LogP contribution >= 0.6 is 22.9 Å². The van der Waals surface area contributed by atoms with Crippen LogP contribution in [0.2, 0.25) is 5.02 Å². The highest BCUT2D eigenvalue weighted by molar-refractivity contribution is 7.11. The molecular formula is C13H17ClN4O2S. The zero-order valence-corrected chi connectivity index (χ0v) is 13.4. The largest absolute Gasteiger partial charge is 0.394 e. The number of halogens is 1. The zero-order valence-electron chi connectivity index (χ0n) is 11.8. The third kappa shape index (κ3) is 3.61. The molecule has 2 rings (SSSR count). The summed E-state index contributed by atoms with van der Waals surface area (Å²) in [5.41, 5.74) is 0.0490. The standard InChI is InChI=1S/C13H17ClN4O2S/c1-3-9-6-15-12(21-9)8(2)17-10-7-16-18(4-5-19)13(20)11(10)14/h6-8,17,19H,3-5H2,1-2H3. The van der Waals surface area contributed by atoms with Crippen LogP contribution in [-0.4, -0.2) is 26.5 Å². The van der Waals surface area contributed by atoms with Gasteiger partial charge in [-0.2, -0.15) is 5.10 Å². The molecule has 0 fully saturated rings. The van der Waals surface area contributed by atoms with Gasteiger partial charge in [-0.25, -0.2) is 9.67 Å². The molecular weight excluding hydrogens is 312 g/mol. The van der Waals surface area contributed by atoms with Crippen molar-refractivity contribution in [2.45, 2.75) is 32.9 Å². The topological polar surface area (TPSA) is 80.0 Å². The highest BCUT2D eigenvalue weighted by atomic mass is 35.5. The minimum absolute atomic E-state index is 0.0670. The number of hydrogen-bond acceptors (Lipinski definition) is 6. The predicted octanol–water partition coefficient (Wildman–Crippen LogP) is 2.08. The Morgan fingerprint density at radius 2 is 2.29 bits per heavy atom. The van der Waals surface area contributed by atoms with Gasteiger partial charge in [0, 0.05) is 11.1 Å². The van der Waals surface area contributed by atoms with Crippen molar-refractivity contribution >= 4 is 28.6 Å². The third-order valence-electron chi connectivity index (χ3n) is 2.96. The van der Waals surface area contributed by atoms with Gasteiger partial charge < -0.3 is 10.4 Å². The number of nitrogens with one attached hydrogen (secondary N) is 1. The number of rotatable bonds is 6. The van der Waals surface area contributed by atoms with Crippen molar-refractivity contribution in [2.75, 3.05) is 11.9 Å². The van der Waals surface area contributed by atoms with E-state index in [1.807, 2.05) is 13.1 Å². The van der Waals surface area contributed by atoms with Gasteiger partial charge in [0.15, 0.2) is 0 Å². The maximum Gasteiger partial charge on any atom is 0.287 e. The number of aliphatic hydroxyl groups excluding tert-OH is 1. The van der Waals surface area contributed by atoms with Gasteiger partial charge in [0.25, 0.3) is 5.56 Å². The highest BCUT2D eigenvalue weighted by Crippen LogP contribution is 2.25. The molecule has 2 heterocycles. The Labute approximate surface area is 131 Å². The molecule has 8 heteroatoms. The highest BCUT2D eigenvalue weighted by Gasteiger charge is 2.14. The van der Waals surface area contributed by atoms with Crippen molar-refractivity contribution in [3.05, 3.63) is 37.7 Å². The Kier molecular flexibility index (Phi) is 5.33. The summed E-state index contributed by atoms with van der Waals surface area (Å²) in [5.74, 6) is 0. The molecule has 0 saturated carbocycles. The maximum atomic E-state index is 12.0. The first-order chi connectivity index (χ1) is 10.1. The monoisotopic (exact) mass is 328 g/mol. The molecule has 0 spiro atoms. The molecule has 0 amide bonds. The van der Waals surface area contributed by atoms with E-state index in [1.54, 1.807) is 11.3 Å². The van der Waals surface area contributed by atoms with Gasteiger partial charge in [-0.05, 0) is 13.3 Å². The summed E-state index contributed by atoms with van der Waals surface area (Å²) in [6, 6.07) is -0.0670. The third-order valence-corrected chi connectivity index (χ3v) is 4.65. The number of aromatic nitrogens is 3. The quantitative estimate of drug-likeness (QED) is 0.848. The normalized spacial score (nSPS) is 12.4. The zero-order chi connectivity index (χ0) is 15.4. The van der Waals surface area contributed by atoms with Gasteiger partial charge in [0.2, 0.25) is 0 Å². The number of thiazole rings is 1. The van der Waals surface area contributed by atoms with E-state index in [1.165, 1.54) is 11.1 Å². The summed E-state index contributed by atoms with van der Waals surface area (Å²) in [5, 5.41) is 17.0. The molecule has 21 heavy (non-hydrogen) atoms. The average Bonchev–Trinajstić information content (AvgIpc) is 2.96. The van der Waals surface area contributed by atoms with Crippen molar-refractivity contribution in [3.63, 3.8) is 0 Å². The molecule has 0 bridgehead atoms. The summed E-state index contributed by atoms with van der Waals surface area (Å²) < 4.78 is 1.14. The SMILES string of the molecule is CCc1cnc(C(C)Nc2cnn(CCO)c(=O)c2Cl)s1. The number of aryl methyl sites for hydroxylation is 1. The number of anilines is 1. The van der Waals surface area contributed by atoms with Gasteiger partial charge in [-0.3, -0.25) is 4.79 Å². The Morgan fingerprint density at radius 3 is 2.90 bits per heavy atom. The first-order valence-electron chi connectivity index (χ1n) is 6.64. The Balaban J connectivity index is 2.19. The van der Waals surface area contributed by atoms with Crippen molar-refractivity contribution in [2.24, 2.45) is 0 Å². The van der Waals surface area contributed by atoms with Gasteiger partial charge in [0.05, 0.1) is 31.1 Å². The molecule has 1 unspecified atom stereocenters. The van der Waals surface area contributed by atoms with Crippen molar-refractivity contribution < 1.29 is 5.11 Å². The van der Waals surface area contributed by atoms with E-state index in [-0.39, 0.29) is 24.2 Å². The van der Waals surface area contributed by atoms with E-state index < -0.39 is 5.56 Å². The van der Waals surface area contributed by atoms with E-state index in [4.69, 9.17) is 16.7 Å². The molecule has 0 aromatic carbocycles. The summed E-state index contributed by atoms with van der Waals surface area (Å²) in [4.78, 5) is 17.5. The van der Waals surface area contributed by atoms with Crippen LogP contribution in [0.15, 0.2) is 17.2 Å². The van der Waals surface area contributed by atoms with Crippen LogP contribution < -0.4 is 10.9 Å². The van der Waals surface area contributed by atoms with E-state index in [9.17, 15) is 4.79 Å². The molecule has 0 aliphatic heterocycles. The second kappa shape index (κ2) is 7.02. The minimum atomic E-state index is -0.420. The van der Waals surface area contributed by atoms with Crippen LogP contribution in [0.4, 0.5) is 5.69 Å². The summed E-state index contributed by atoms with van der Waals surface area (Å²) in [6.07, 6.45) is 4.30. The lowest BCUT2D eigenvalue weighted by molar-refractivity contribution is 0.266. The Hall–Kier alpha value is -1.44. The minimum Gasteiger partial charge on any atom is -0.394 e. The first-order valence-corrected chi connectivity index (χ1v) is 7.83. The van der Waals surface area contributed by atoms with Crippen LogP contribution in [0, 0.1) is 0 Å². The molecule has 2 aromatic rings. The van der Waals surface area contributed by atoms with Gasteiger partial charge in [-0.1, -0.05) is 18.5 Å². The molecule has 1 atom stereocenters. The predicted molar refractivity (Wildman–Crippen MR) is 84.1 cm³/mol. The van der Waals surface area contributed by atoms with Crippen molar-refractivity contribution in [3.8, 4) is 0 Å². The van der Waals surface area contributed by atoms with Gasteiger partial charge in [0.1, 0.15) is 10.0 Å². The van der Waals surface area contributed by atoms with E-state index in [2.05, 4.69) is 22.3 Å². The molecule has 2 aromatic heterocycles. The molecule has 0 radical (unpaired) electrons. The molecule has 6 nitrogen and oxygen atoms in total. The molecule has 0 aliphatic rings. The van der Waals surface area contributed by atoms with Crippen molar-refractivity contribution in [1.82, 2.24) is 14.8 Å². The lowest BCUT2D eigenvalue weighted by Crippen LogP contribution is -2.26. The smallest absolute Gasteiger partial charge is 0.287 e. The summed E-state index contributed by atoms with van der Waals surface area (Å²) in [6.45, 7) is 4.00. The Morgan fingerprint density at radius 1 is 1.52 bits per heavy atom. The Bertz CT molecular complexity index is 670. The molecule has 0 saturated heterocycles. The maximum absolute atomic E-state index is 12.0. The fraction of sp³-hybridized carbons (Fsp3) is 0.462. The molecule has 0 aliphatic carbocycles. The fourth-order valence-corrected chi connectivity index (χ4v) is 2.86. The van der Waals surface area contributed by atoms with Crippen molar-refractivity contribution in [1.29, 1.82) is 0 Å². The lowest BCUT2D eigenvalue weighted by Gasteiger charge is -2.14. The average molecular weight is 329 g/mol. The van der Waals surface area contributed by atoms with Crippen LogP contribution in [0.3, 0.4) is 0 Å². The van der Waals surface area contributed by atoms with Crippen LogP contribution in [0.5, 0.6) is 0 Å². The second-order valence-electron chi connectivity index (χ2n) is 4.51. The van der Waals surface area contributed by atoms with E-state index >= 15 is 0 Å². The first kappa shape index (κ1) is 15.9. The molecule has 114 valence electrons. The van der Waals surface area contributed by atoms with Crippen LogP contribution in [-0.2, 0) is 13.0 Å². The fourth-order valence-electron chi connectivity index (χ4n) is 1.80. The van der Waals surface area contributed by atoms with Crippen LogP contribution in [0.1, 0.15) is 29.8 Å². The van der Waals surface area contributed by atoms with Gasteiger partial charge in [-0.15, -0.1) is 11.3 Å². The van der Waals surface area contributed by atoms with E-state index in [0.29, 0.717) is 5.69 Å². The summed E-state index contributed by atoms with van der Waals surface area (Å²) >= 11 is 7.69. The van der Waals surface area contributed by atoms with Crippen LogP contribution in [0.25, 0.3) is 0 Å².